The van der Waals surface area contributed by atoms with Crippen LogP contribution in [-0.2, 0) is 6.54 Å². The number of nitro benzene ring substituents is 1. The van der Waals surface area contributed by atoms with Gasteiger partial charge in [0.15, 0.2) is 0 Å². The largest absolute Gasteiger partial charge is 0.468 e. The normalized spacial score (nSPS) is 16.4. The van der Waals surface area contributed by atoms with E-state index < -0.39 is 4.92 Å². The minimum Gasteiger partial charge on any atom is -0.468 e. The van der Waals surface area contributed by atoms with Crippen LogP contribution < -0.4 is 5.32 Å². The van der Waals surface area contributed by atoms with Gasteiger partial charge >= 0.3 is 0 Å². The summed E-state index contributed by atoms with van der Waals surface area (Å²) in [5.74, 6) is 0.939. The second-order valence-electron chi connectivity index (χ2n) is 5.94. The third-order valence-electron chi connectivity index (χ3n) is 4.35. The molecule has 0 radical (unpaired) electrons. The molecule has 1 atom stereocenters. The highest BCUT2D eigenvalue weighted by molar-refractivity contribution is 6.31. The van der Waals surface area contributed by atoms with E-state index in [0.29, 0.717) is 18.1 Å². The zero-order valence-electron chi connectivity index (χ0n) is 13.3. The van der Waals surface area contributed by atoms with Gasteiger partial charge in [0.25, 0.3) is 5.69 Å². The van der Waals surface area contributed by atoms with Crippen LogP contribution in [0.1, 0.15) is 30.2 Å². The lowest BCUT2D eigenvalue weighted by molar-refractivity contribution is -0.384. The molecular formula is C17H20ClN3O3. The average molecular weight is 350 g/mol. The Kier molecular flexibility index (Phi) is 5.50. The van der Waals surface area contributed by atoms with Crippen molar-refractivity contribution in [2.24, 2.45) is 0 Å². The number of halogens is 1. The Hall–Kier alpha value is -1.89. The molecule has 7 heteroatoms. The fraction of sp³-hybridized carbons (Fsp3) is 0.412. The zero-order valence-corrected chi connectivity index (χ0v) is 14.0. The molecule has 0 saturated carbocycles. The van der Waals surface area contributed by atoms with E-state index in [9.17, 15) is 10.1 Å². The van der Waals surface area contributed by atoms with Gasteiger partial charge in [0.05, 0.1) is 17.2 Å². The second-order valence-corrected chi connectivity index (χ2v) is 6.35. The number of nitro groups is 1. The fourth-order valence-electron chi connectivity index (χ4n) is 3.10. The number of hydrogen-bond acceptors (Lipinski definition) is 5. The van der Waals surface area contributed by atoms with Crippen molar-refractivity contribution in [2.45, 2.75) is 25.4 Å². The molecule has 0 aliphatic carbocycles. The van der Waals surface area contributed by atoms with E-state index in [4.69, 9.17) is 16.0 Å². The Morgan fingerprint density at radius 1 is 1.33 bits per heavy atom. The highest BCUT2D eigenvalue weighted by Gasteiger charge is 2.25. The number of nitrogens with zero attached hydrogens (tertiary/aromatic N) is 2. The molecule has 1 saturated heterocycles. The first-order valence-corrected chi connectivity index (χ1v) is 8.44. The van der Waals surface area contributed by atoms with Gasteiger partial charge in [-0.05, 0) is 49.7 Å². The first-order chi connectivity index (χ1) is 11.6. The average Bonchev–Trinajstić information content (AvgIpc) is 3.26. The van der Waals surface area contributed by atoms with Gasteiger partial charge in [-0.2, -0.15) is 0 Å². The van der Waals surface area contributed by atoms with Crippen molar-refractivity contribution in [1.29, 1.82) is 0 Å². The lowest BCUT2D eigenvalue weighted by atomic mass is 10.1. The van der Waals surface area contributed by atoms with E-state index >= 15 is 0 Å². The van der Waals surface area contributed by atoms with Crippen LogP contribution in [0, 0.1) is 10.1 Å². The topological polar surface area (TPSA) is 71.5 Å². The van der Waals surface area contributed by atoms with Crippen LogP contribution in [0.15, 0.2) is 41.0 Å². The van der Waals surface area contributed by atoms with Gasteiger partial charge in [0, 0.05) is 30.2 Å². The quantitative estimate of drug-likeness (QED) is 0.608. The maximum Gasteiger partial charge on any atom is 0.269 e. The molecule has 128 valence electrons. The second kappa shape index (κ2) is 7.79. The Bertz CT molecular complexity index is 684. The Morgan fingerprint density at radius 3 is 2.79 bits per heavy atom. The molecule has 1 fully saturated rings. The number of rotatable bonds is 7. The van der Waals surface area contributed by atoms with Crippen LogP contribution in [0.2, 0.25) is 5.02 Å². The van der Waals surface area contributed by atoms with Crippen molar-refractivity contribution in [3.63, 3.8) is 0 Å². The molecule has 1 N–H and O–H groups in total. The summed E-state index contributed by atoms with van der Waals surface area (Å²) in [6.07, 6.45) is 4.09. The van der Waals surface area contributed by atoms with Crippen molar-refractivity contribution >= 4 is 17.3 Å². The number of likely N-dealkylation sites (tertiary alicyclic amines) is 1. The predicted molar refractivity (Wildman–Crippen MR) is 92.1 cm³/mol. The molecular weight excluding hydrogens is 330 g/mol. The lowest BCUT2D eigenvalue weighted by Crippen LogP contribution is -2.33. The zero-order chi connectivity index (χ0) is 16.9. The molecule has 1 aliphatic rings. The maximum atomic E-state index is 10.9. The van der Waals surface area contributed by atoms with E-state index in [1.54, 1.807) is 12.3 Å². The van der Waals surface area contributed by atoms with E-state index in [-0.39, 0.29) is 11.7 Å². The standard InChI is InChI=1S/C17H20ClN3O3/c18-15-6-5-14(21(22)23)10-13(15)11-19-12-16(17-4-3-9-24-17)20-7-1-2-8-20/h3-6,9-10,16,19H,1-2,7-8,11-12H2. The van der Waals surface area contributed by atoms with Gasteiger partial charge in [-0.1, -0.05) is 11.6 Å². The molecule has 1 aliphatic heterocycles. The Morgan fingerprint density at radius 2 is 2.12 bits per heavy atom. The van der Waals surface area contributed by atoms with E-state index in [2.05, 4.69) is 10.2 Å². The number of non-ortho nitro benzene ring substituents is 1. The van der Waals surface area contributed by atoms with Crippen LogP contribution in [-0.4, -0.2) is 29.5 Å². The summed E-state index contributed by atoms with van der Waals surface area (Å²) >= 11 is 6.15. The molecule has 0 spiro atoms. The smallest absolute Gasteiger partial charge is 0.269 e. The molecule has 2 aromatic rings. The van der Waals surface area contributed by atoms with Crippen molar-refractivity contribution in [3.05, 3.63) is 63.1 Å². The first kappa shape index (κ1) is 17.0. The van der Waals surface area contributed by atoms with Crippen LogP contribution in [0.3, 0.4) is 0 Å². The molecule has 0 bridgehead atoms. The van der Waals surface area contributed by atoms with E-state index in [1.165, 1.54) is 25.0 Å². The van der Waals surface area contributed by atoms with Crippen LogP contribution in [0.4, 0.5) is 5.69 Å². The number of furan rings is 1. The molecule has 3 rings (SSSR count). The minimum absolute atomic E-state index is 0.0540. The third-order valence-corrected chi connectivity index (χ3v) is 4.72. The van der Waals surface area contributed by atoms with Crippen LogP contribution >= 0.6 is 11.6 Å². The molecule has 6 nitrogen and oxygen atoms in total. The van der Waals surface area contributed by atoms with Crippen molar-refractivity contribution in [1.82, 2.24) is 10.2 Å². The monoisotopic (exact) mass is 349 g/mol. The summed E-state index contributed by atoms with van der Waals surface area (Å²) in [6.45, 7) is 3.30. The maximum absolute atomic E-state index is 10.9. The molecule has 0 amide bonds. The number of nitrogens with one attached hydrogen (secondary N) is 1. The van der Waals surface area contributed by atoms with E-state index in [1.807, 2.05) is 12.1 Å². The Balaban J connectivity index is 1.65. The molecule has 2 heterocycles. The summed E-state index contributed by atoms with van der Waals surface area (Å²) < 4.78 is 5.59. The Labute approximate surface area is 145 Å². The van der Waals surface area contributed by atoms with E-state index in [0.717, 1.165) is 24.4 Å². The van der Waals surface area contributed by atoms with Crippen molar-refractivity contribution in [2.75, 3.05) is 19.6 Å². The highest BCUT2D eigenvalue weighted by atomic mass is 35.5. The van der Waals surface area contributed by atoms with Crippen molar-refractivity contribution in [3.8, 4) is 0 Å². The summed E-state index contributed by atoms with van der Waals surface area (Å²) in [4.78, 5) is 12.9. The van der Waals surface area contributed by atoms with Crippen molar-refractivity contribution < 1.29 is 9.34 Å². The minimum atomic E-state index is -0.407. The van der Waals surface area contributed by atoms with Gasteiger partial charge in [0.2, 0.25) is 0 Å². The molecule has 1 aromatic heterocycles. The molecule has 1 aromatic carbocycles. The SMILES string of the molecule is O=[N+]([O-])c1ccc(Cl)c(CNCC(c2ccco2)N2CCCC2)c1. The van der Waals surface area contributed by atoms with Gasteiger partial charge in [-0.15, -0.1) is 0 Å². The van der Waals surface area contributed by atoms with Gasteiger partial charge in [0.1, 0.15) is 5.76 Å². The molecule has 24 heavy (non-hydrogen) atoms. The number of hydrogen-bond donors (Lipinski definition) is 1. The van der Waals surface area contributed by atoms with Crippen LogP contribution in [0.25, 0.3) is 0 Å². The lowest BCUT2D eigenvalue weighted by Gasteiger charge is -2.26. The van der Waals surface area contributed by atoms with Gasteiger partial charge < -0.3 is 9.73 Å². The highest BCUT2D eigenvalue weighted by Crippen LogP contribution is 2.26. The van der Waals surface area contributed by atoms with Gasteiger partial charge in [-0.3, -0.25) is 15.0 Å². The summed E-state index contributed by atoms with van der Waals surface area (Å²) in [7, 11) is 0. The summed E-state index contributed by atoms with van der Waals surface area (Å²) in [5.41, 5.74) is 0.781. The third kappa shape index (κ3) is 3.95. The fourth-order valence-corrected chi connectivity index (χ4v) is 3.28. The summed E-state index contributed by atoms with van der Waals surface area (Å²) in [5, 5.41) is 14.8. The van der Waals surface area contributed by atoms with Gasteiger partial charge in [-0.25, -0.2) is 0 Å². The first-order valence-electron chi connectivity index (χ1n) is 8.06. The number of benzene rings is 1. The predicted octanol–water partition coefficient (Wildman–Crippen LogP) is 3.77. The molecule has 1 unspecified atom stereocenters. The van der Waals surface area contributed by atoms with Crippen LogP contribution in [0.5, 0.6) is 0 Å². The summed E-state index contributed by atoms with van der Waals surface area (Å²) in [6, 6.07) is 8.57.